The van der Waals surface area contributed by atoms with Crippen LogP contribution in [0.5, 0.6) is 0 Å². The Labute approximate surface area is 157 Å². The first kappa shape index (κ1) is 18.4. The fourth-order valence-corrected chi connectivity index (χ4v) is 4.34. The molecule has 2 aliphatic rings. The first-order valence-corrected chi connectivity index (χ1v) is 9.57. The Kier molecular flexibility index (Phi) is 6.09. The van der Waals surface area contributed by atoms with E-state index in [9.17, 15) is 4.79 Å². The van der Waals surface area contributed by atoms with Gasteiger partial charge in [-0.2, -0.15) is 16.3 Å². The number of hydrogen-bond acceptors (Lipinski definition) is 6. The van der Waals surface area contributed by atoms with Gasteiger partial charge in [0.25, 0.3) is 0 Å². The molecule has 2 atom stereocenters. The molecular formula is C17H23ClN4O2S. The summed E-state index contributed by atoms with van der Waals surface area (Å²) in [5, 5.41) is 11.4. The molecule has 2 aromatic rings. The summed E-state index contributed by atoms with van der Waals surface area (Å²) in [5.74, 6) is 2.84. The van der Waals surface area contributed by atoms with Crippen LogP contribution in [0.3, 0.4) is 0 Å². The lowest BCUT2D eigenvalue weighted by atomic mass is 9.92. The number of carbonyl (C=O) groups is 1. The van der Waals surface area contributed by atoms with Crippen molar-refractivity contribution in [2.75, 3.05) is 26.2 Å². The summed E-state index contributed by atoms with van der Waals surface area (Å²) in [6, 6.07) is 1.97. The molecule has 4 rings (SSSR count). The highest BCUT2D eigenvalue weighted by molar-refractivity contribution is 7.08. The van der Waals surface area contributed by atoms with Crippen molar-refractivity contribution in [3.8, 4) is 11.4 Å². The molecule has 2 saturated heterocycles. The Morgan fingerprint density at radius 2 is 2.08 bits per heavy atom. The van der Waals surface area contributed by atoms with E-state index in [1.165, 1.54) is 0 Å². The number of likely N-dealkylation sites (tertiary alicyclic amines) is 1. The highest BCUT2D eigenvalue weighted by Crippen LogP contribution is 2.27. The summed E-state index contributed by atoms with van der Waals surface area (Å²) in [7, 11) is 0. The van der Waals surface area contributed by atoms with Gasteiger partial charge in [0.1, 0.15) is 0 Å². The first-order valence-electron chi connectivity index (χ1n) is 8.63. The molecule has 0 radical (unpaired) electrons. The van der Waals surface area contributed by atoms with Crippen LogP contribution in [0.4, 0.5) is 0 Å². The van der Waals surface area contributed by atoms with Gasteiger partial charge in [0, 0.05) is 36.9 Å². The lowest BCUT2D eigenvalue weighted by Crippen LogP contribution is -2.32. The molecule has 0 aliphatic carbocycles. The number of fused-ring (bicyclic) bond motifs is 1. The molecule has 2 fully saturated rings. The molecule has 25 heavy (non-hydrogen) atoms. The topological polar surface area (TPSA) is 71.3 Å². The predicted octanol–water partition coefficient (Wildman–Crippen LogP) is 2.61. The smallest absolute Gasteiger partial charge is 0.227 e. The van der Waals surface area contributed by atoms with Gasteiger partial charge in [0.2, 0.25) is 17.6 Å². The molecule has 1 amide bonds. The van der Waals surface area contributed by atoms with Gasteiger partial charge in [0.05, 0.1) is 0 Å². The van der Waals surface area contributed by atoms with E-state index in [4.69, 9.17) is 4.52 Å². The van der Waals surface area contributed by atoms with E-state index in [1.54, 1.807) is 11.3 Å². The normalized spacial score (nSPS) is 23.0. The minimum atomic E-state index is 0. The maximum atomic E-state index is 12.5. The van der Waals surface area contributed by atoms with Gasteiger partial charge in [0.15, 0.2) is 0 Å². The third-order valence-electron chi connectivity index (χ3n) is 5.17. The molecule has 1 N–H and O–H groups in total. The van der Waals surface area contributed by atoms with E-state index in [-0.39, 0.29) is 18.3 Å². The average molecular weight is 383 g/mol. The number of rotatable bonds is 4. The maximum Gasteiger partial charge on any atom is 0.227 e. The van der Waals surface area contributed by atoms with Gasteiger partial charge in [-0.25, -0.2) is 0 Å². The molecule has 2 aromatic heterocycles. The minimum Gasteiger partial charge on any atom is -0.343 e. The number of nitrogens with one attached hydrogen (secondary N) is 1. The minimum absolute atomic E-state index is 0. The number of aromatic nitrogens is 2. The standard InChI is InChI=1S/C17H22N4O2S.ClH/c22-16(21-6-3-12-9-18-10-13(12)4-7-21)2-1-15-19-17(20-23-15)14-5-8-24-11-14;/h5,8,11-13,18H,1-4,6-7,9-10H2;1H/t12-,13+;. The van der Waals surface area contributed by atoms with Crippen molar-refractivity contribution in [1.82, 2.24) is 20.4 Å². The van der Waals surface area contributed by atoms with Crippen LogP contribution in [-0.2, 0) is 11.2 Å². The van der Waals surface area contributed by atoms with E-state index in [0.29, 0.717) is 24.6 Å². The van der Waals surface area contributed by atoms with Gasteiger partial charge in [-0.15, -0.1) is 12.4 Å². The lowest BCUT2D eigenvalue weighted by Gasteiger charge is -2.20. The number of amides is 1. The fraction of sp³-hybridized carbons (Fsp3) is 0.588. The van der Waals surface area contributed by atoms with Crippen LogP contribution in [0.25, 0.3) is 11.4 Å². The molecule has 0 unspecified atom stereocenters. The Morgan fingerprint density at radius 1 is 1.32 bits per heavy atom. The monoisotopic (exact) mass is 382 g/mol. The first-order chi connectivity index (χ1) is 11.8. The lowest BCUT2D eigenvalue weighted by molar-refractivity contribution is -0.131. The van der Waals surface area contributed by atoms with Crippen molar-refractivity contribution in [2.45, 2.75) is 25.7 Å². The van der Waals surface area contributed by atoms with Crippen LogP contribution >= 0.6 is 23.7 Å². The second kappa shape index (κ2) is 8.29. The highest BCUT2D eigenvalue weighted by atomic mass is 35.5. The summed E-state index contributed by atoms with van der Waals surface area (Å²) >= 11 is 1.60. The molecule has 0 aromatic carbocycles. The predicted molar refractivity (Wildman–Crippen MR) is 98.8 cm³/mol. The van der Waals surface area contributed by atoms with Gasteiger partial charge < -0.3 is 14.7 Å². The zero-order valence-corrected chi connectivity index (χ0v) is 15.7. The summed E-state index contributed by atoms with van der Waals surface area (Å²) in [6.07, 6.45) is 3.19. The zero-order chi connectivity index (χ0) is 16.4. The van der Waals surface area contributed by atoms with Crippen LogP contribution in [-0.4, -0.2) is 47.1 Å². The number of aryl methyl sites for hydroxylation is 1. The molecule has 4 heterocycles. The number of thiophene rings is 1. The van der Waals surface area contributed by atoms with Crippen molar-refractivity contribution in [2.24, 2.45) is 11.8 Å². The van der Waals surface area contributed by atoms with Crippen molar-refractivity contribution in [3.05, 3.63) is 22.7 Å². The van der Waals surface area contributed by atoms with E-state index >= 15 is 0 Å². The Balaban J connectivity index is 0.00000182. The van der Waals surface area contributed by atoms with E-state index in [2.05, 4.69) is 15.5 Å². The Hall–Kier alpha value is -1.44. The van der Waals surface area contributed by atoms with Crippen molar-refractivity contribution in [1.29, 1.82) is 0 Å². The molecule has 8 heteroatoms. The number of hydrogen-bond donors (Lipinski definition) is 1. The molecule has 6 nitrogen and oxygen atoms in total. The molecule has 136 valence electrons. The number of halogens is 1. The van der Waals surface area contributed by atoms with Gasteiger partial charge in [-0.1, -0.05) is 5.16 Å². The Bertz CT molecular complexity index is 677. The zero-order valence-electron chi connectivity index (χ0n) is 14.0. The molecule has 0 saturated carbocycles. The van der Waals surface area contributed by atoms with Gasteiger partial charge >= 0.3 is 0 Å². The van der Waals surface area contributed by atoms with Crippen molar-refractivity contribution < 1.29 is 9.32 Å². The van der Waals surface area contributed by atoms with Crippen LogP contribution in [0.15, 0.2) is 21.3 Å². The average Bonchev–Trinajstić information content (AvgIpc) is 3.32. The third-order valence-corrected chi connectivity index (χ3v) is 5.86. The largest absolute Gasteiger partial charge is 0.343 e. The van der Waals surface area contributed by atoms with Crippen molar-refractivity contribution >= 4 is 29.7 Å². The number of carbonyl (C=O) groups excluding carboxylic acids is 1. The summed E-state index contributed by atoms with van der Waals surface area (Å²) < 4.78 is 5.28. The third kappa shape index (κ3) is 4.22. The van der Waals surface area contributed by atoms with E-state index in [1.807, 2.05) is 21.7 Å². The maximum absolute atomic E-state index is 12.5. The second-order valence-corrected chi connectivity index (χ2v) is 7.44. The SMILES string of the molecule is Cl.O=C(CCc1nc(-c2ccsc2)no1)N1CC[C@@H]2CNC[C@@H]2CC1. The summed E-state index contributed by atoms with van der Waals surface area (Å²) in [4.78, 5) is 18.9. The number of nitrogens with zero attached hydrogens (tertiary/aromatic N) is 3. The summed E-state index contributed by atoms with van der Waals surface area (Å²) in [6.45, 7) is 3.98. The van der Waals surface area contributed by atoms with E-state index in [0.717, 1.165) is 56.4 Å². The van der Waals surface area contributed by atoms with Crippen LogP contribution < -0.4 is 5.32 Å². The van der Waals surface area contributed by atoms with Crippen LogP contribution in [0.1, 0.15) is 25.2 Å². The fourth-order valence-electron chi connectivity index (χ4n) is 3.70. The van der Waals surface area contributed by atoms with Gasteiger partial charge in [-0.3, -0.25) is 4.79 Å². The molecule has 2 aliphatic heterocycles. The Morgan fingerprint density at radius 3 is 2.76 bits per heavy atom. The summed E-state index contributed by atoms with van der Waals surface area (Å²) in [5.41, 5.74) is 0.967. The molecule has 0 bridgehead atoms. The molecule has 0 spiro atoms. The highest BCUT2D eigenvalue weighted by Gasteiger charge is 2.31. The van der Waals surface area contributed by atoms with Crippen LogP contribution in [0.2, 0.25) is 0 Å². The van der Waals surface area contributed by atoms with Crippen molar-refractivity contribution in [3.63, 3.8) is 0 Å². The molecular weight excluding hydrogens is 360 g/mol. The second-order valence-electron chi connectivity index (χ2n) is 6.66. The van der Waals surface area contributed by atoms with Crippen LogP contribution in [0, 0.1) is 11.8 Å². The van der Waals surface area contributed by atoms with Gasteiger partial charge in [-0.05, 0) is 49.2 Å². The van der Waals surface area contributed by atoms with E-state index < -0.39 is 0 Å². The quantitative estimate of drug-likeness (QED) is 0.880.